The molecule has 0 bridgehead atoms. The Hall–Kier alpha value is -0.660. The Kier molecular flexibility index (Phi) is 8.84. The average Bonchev–Trinajstić information content (AvgIpc) is 2.94. The van der Waals surface area contributed by atoms with Crippen LogP contribution in [0.4, 0.5) is 0 Å². The molecule has 2 aromatic rings. The number of aryl methyl sites for hydroxylation is 1. The van der Waals surface area contributed by atoms with E-state index in [1.807, 2.05) is 0 Å². The van der Waals surface area contributed by atoms with E-state index >= 15 is 0 Å². The zero-order chi connectivity index (χ0) is 17.6. The highest BCUT2D eigenvalue weighted by molar-refractivity contribution is 5.72. The summed E-state index contributed by atoms with van der Waals surface area (Å²) in [6.45, 7) is 6.41. The molecule has 1 unspecified atom stereocenters. The van der Waals surface area contributed by atoms with Crippen LogP contribution >= 0.6 is 0 Å². The van der Waals surface area contributed by atoms with Crippen LogP contribution in [0.1, 0.15) is 58.2 Å². The van der Waals surface area contributed by atoms with Crippen LogP contribution in [0, 0.1) is 0 Å². The van der Waals surface area contributed by atoms with Crippen LogP contribution in [0.3, 0.4) is 0 Å². The van der Waals surface area contributed by atoms with Gasteiger partial charge in [-0.05, 0) is 38.3 Å². The quantitative estimate of drug-likeness (QED) is 0.452. The van der Waals surface area contributed by atoms with Gasteiger partial charge in [0.05, 0.1) is 19.3 Å². The topological polar surface area (TPSA) is 38.3 Å². The van der Waals surface area contributed by atoms with Gasteiger partial charge in [-0.2, -0.15) is 0 Å². The highest BCUT2D eigenvalue weighted by Crippen LogP contribution is 2.20. The summed E-state index contributed by atoms with van der Waals surface area (Å²) in [6.07, 6.45) is 8.17. The molecule has 0 radical (unpaired) electrons. The standard InChI is InChI=1S/C21H33N2O2.HI/c1-3-10-21-22(4-2)19-13-8-9-14-20(19)23(21)15-17(24)16-25-18-11-6-5-7-12-18;/h8-9,13-14,17-18,24H,3-7,10-12,15-16H2,1-2H3;1H/q+1;/p-1. The van der Waals surface area contributed by atoms with Crippen LogP contribution in [0.5, 0.6) is 0 Å². The number of aliphatic hydroxyl groups is 1. The van der Waals surface area contributed by atoms with Crippen molar-refractivity contribution in [1.29, 1.82) is 0 Å². The zero-order valence-electron chi connectivity index (χ0n) is 16.2. The molecule has 146 valence electrons. The maximum Gasteiger partial charge on any atom is 0.257 e. The first kappa shape index (κ1) is 21.6. The lowest BCUT2D eigenvalue weighted by molar-refractivity contribution is -0.687. The van der Waals surface area contributed by atoms with Crippen molar-refractivity contribution in [2.45, 2.75) is 84.1 Å². The van der Waals surface area contributed by atoms with Crippen molar-refractivity contribution in [2.75, 3.05) is 6.61 Å². The summed E-state index contributed by atoms with van der Waals surface area (Å²) in [5, 5.41) is 10.6. The largest absolute Gasteiger partial charge is 1.00 e. The first-order valence-corrected chi connectivity index (χ1v) is 10.0. The summed E-state index contributed by atoms with van der Waals surface area (Å²) in [5.74, 6) is 1.31. The molecule has 1 saturated carbocycles. The molecule has 3 rings (SSSR count). The molecule has 1 fully saturated rings. The highest BCUT2D eigenvalue weighted by Gasteiger charge is 2.25. The molecule has 4 nitrogen and oxygen atoms in total. The number of nitrogens with zero attached hydrogens (tertiary/aromatic N) is 2. The maximum absolute atomic E-state index is 10.6. The van der Waals surface area contributed by atoms with E-state index in [1.165, 1.54) is 36.1 Å². The van der Waals surface area contributed by atoms with Gasteiger partial charge in [0.2, 0.25) is 0 Å². The van der Waals surface area contributed by atoms with E-state index < -0.39 is 6.10 Å². The van der Waals surface area contributed by atoms with Gasteiger partial charge in [0.1, 0.15) is 12.6 Å². The highest BCUT2D eigenvalue weighted by atomic mass is 127. The summed E-state index contributed by atoms with van der Waals surface area (Å²) < 4.78 is 10.7. The Bertz CT molecular complexity index is 680. The van der Waals surface area contributed by atoms with Crippen molar-refractivity contribution in [2.24, 2.45) is 0 Å². The van der Waals surface area contributed by atoms with Gasteiger partial charge >= 0.3 is 0 Å². The Labute approximate surface area is 174 Å². The van der Waals surface area contributed by atoms with Crippen LogP contribution in [-0.2, 0) is 24.2 Å². The number of hydrogen-bond acceptors (Lipinski definition) is 2. The molecule has 0 saturated heterocycles. The SMILES string of the molecule is CCCc1n(CC)c2ccccc2[n+]1CC(O)COC1CCCCC1.[I-]. The van der Waals surface area contributed by atoms with Gasteiger partial charge in [0, 0.05) is 6.42 Å². The van der Waals surface area contributed by atoms with Crippen molar-refractivity contribution in [3.63, 3.8) is 0 Å². The average molecular weight is 472 g/mol. The van der Waals surface area contributed by atoms with Gasteiger partial charge in [-0.1, -0.05) is 38.3 Å². The van der Waals surface area contributed by atoms with Gasteiger partial charge in [0.25, 0.3) is 5.82 Å². The number of aliphatic hydroxyl groups excluding tert-OH is 1. The van der Waals surface area contributed by atoms with E-state index in [4.69, 9.17) is 4.74 Å². The first-order valence-electron chi connectivity index (χ1n) is 10.0. The fraction of sp³-hybridized carbons (Fsp3) is 0.667. The third-order valence-corrected chi connectivity index (χ3v) is 5.35. The lowest BCUT2D eigenvalue weighted by Gasteiger charge is -2.23. The molecule has 1 aliphatic rings. The molecule has 0 spiro atoms. The lowest BCUT2D eigenvalue weighted by Crippen LogP contribution is -3.00. The van der Waals surface area contributed by atoms with Crippen molar-refractivity contribution in [1.82, 2.24) is 4.57 Å². The lowest BCUT2D eigenvalue weighted by atomic mass is 9.98. The monoisotopic (exact) mass is 472 g/mol. The molecule has 1 aromatic heterocycles. The Morgan fingerprint density at radius 2 is 1.92 bits per heavy atom. The van der Waals surface area contributed by atoms with Crippen molar-refractivity contribution in [3.8, 4) is 0 Å². The van der Waals surface area contributed by atoms with E-state index in [0.717, 1.165) is 32.2 Å². The van der Waals surface area contributed by atoms with E-state index in [9.17, 15) is 5.11 Å². The van der Waals surface area contributed by atoms with Gasteiger partial charge in [-0.25, -0.2) is 9.13 Å². The number of hydrogen-bond donors (Lipinski definition) is 1. The Morgan fingerprint density at radius 1 is 1.19 bits per heavy atom. The maximum atomic E-state index is 10.6. The first-order chi connectivity index (χ1) is 12.2. The Balaban J connectivity index is 0.00000243. The minimum Gasteiger partial charge on any atom is -1.00 e. The third kappa shape index (κ3) is 4.98. The van der Waals surface area contributed by atoms with Crippen LogP contribution in [0.25, 0.3) is 11.0 Å². The second kappa shape index (κ2) is 10.6. The van der Waals surface area contributed by atoms with Gasteiger partial charge in [0.15, 0.2) is 11.0 Å². The van der Waals surface area contributed by atoms with Crippen LogP contribution in [-0.4, -0.2) is 28.5 Å². The molecule has 0 amide bonds. The predicted molar refractivity (Wildman–Crippen MR) is 101 cm³/mol. The summed E-state index contributed by atoms with van der Waals surface area (Å²) in [5.41, 5.74) is 2.47. The minimum atomic E-state index is -0.460. The number of imidazole rings is 1. The fourth-order valence-corrected chi connectivity index (χ4v) is 4.14. The molecule has 1 N–H and O–H groups in total. The molecular formula is C21H33IN2O2. The fourth-order valence-electron chi connectivity index (χ4n) is 4.14. The molecule has 1 aliphatic carbocycles. The summed E-state index contributed by atoms with van der Waals surface area (Å²) in [7, 11) is 0. The smallest absolute Gasteiger partial charge is 0.257 e. The third-order valence-electron chi connectivity index (χ3n) is 5.35. The number of halogens is 1. The zero-order valence-corrected chi connectivity index (χ0v) is 18.3. The van der Waals surface area contributed by atoms with Crippen molar-refractivity contribution in [3.05, 3.63) is 30.1 Å². The number of aromatic nitrogens is 2. The molecule has 26 heavy (non-hydrogen) atoms. The molecule has 1 atom stereocenters. The molecule has 1 heterocycles. The van der Waals surface area contributed by atoms with Crippen LogP contribution < -0.4 is 28.5 Å². The second-order valence-electron chi connectivity index (χ2n) is 7.26. The van der Waals surface area contributed by atoms with Gasteiger partial charge in [-0.15, -0.1) is 0 Å². The van der Waals surface area contributed by atoms with Crippen LogP contribution in [0.15, 0.2) is 24.3 Å². The number of ether oxygens (including phenoxy) is 1. The number of fused-ring (bicyclic) bond motifs is 1. The normalized spacial score (nSPS) is 16.6. The van der Waals surface area contributed by atoms with E-state index in [1.54, 1.807) is 0 Å². The number of benzene rings is 1. The number of rotatable bonds is 8. The van der Waals surface area contributed by atoms with E-state index in [2.05, 4.69) is 47.2 Å². The summed E-state index contributed by atoms with van der Waals surface area (Å²) >= 11 is 0. The summed E-state index contributed by atoms with van der Waals surface area (Å²) in [4.78, 5) is 0. The molecule has 1 aromatic carbocycles. The molecule has 0 aliphatic heterocycles. The Morgan fingerprint density at radius 3 is 2.62 bits per heavy atom. The minimum absolute atomic E-state index is 0. The van der Waals surface area contributed by atoms with Crippen molar-refractivity contribution < 1.29 is 38.4 Å². The predicted octanol–water partition coefficient (Wildman–Crippen LogP) is 0.615. The van der Waals surface area contributed by atoms with Crippen LogP contribution in [0.2, 0.25) is 0 Å². The van der Waals surface area contributed by atoms with E-state index in [0.29, 0.717) is 19.3 Å². The number of para-hydroxylation sites is 2. The van der Waals surface area contributed by atoms with Crippen molar-refractivity contribution >= 4 is 11.0 Å². The second-order valence-corrected chi connectivity index (χ2v) is 7.26. The molecule has 5 heteroatoms. The summed E-state index contributed by atoms with van der Waals surface area (Å²) in [6, 6.07) is 8.52. The van der Waals surface area contributed by atoms with Gasteiger partial charge < -0.3 is 33.8 Å². The molecular weight excluding hydrogens is 439 g/mol. The van der Waals surface area contributed by atoms with E-state index in [-0.39, 0.29) is 24.0 Å². The van der Waals surface area contributed by atoms with Gasteiger partial charge in [-0.3, -0.25) is 0 Å².